The van der Waals surface area contributed by atoms with Gasteiger partial charge in [0.2, 0.25) is 12.3 Å². The van der Waals surface area contributed by atoms with Crippen LogP contribution in [0, 0.1) is 0 Å². The Morgan fingerprint density at radius 1 is 1.00 bits per heavy atom. The molecule has 0 aliphatic rings. The molecule has 9 heavy (non-hydrogen) atoms. The minimum Gasteiger partial charge on any atom is -0.565 e. The molecule has 0 aliphatic carbocycles. The summed E-state index contributed by atoms with van der Waals surface area (Å²) in [4.78, 5) is 16.9. The van der Waals surface area contributed by atoms with E-state index in [9.17, 15) is 0 Å². The van der Waals surface area contributed by atoms with Crippen molar-refractivity contribution in [1.82, 2.24) is 0 Å². The molecule has 7 heteroatoms. The molecule has 0 saturated carbocycles. The van der Waals surface area contributed by atoms with E-state index in [1.165, 1.54) is 0 Å². The summed E-state index contributed by atoms with van der Waals surface area (Å²) < 4.78 is 0. The average molecular weight is 317 g/mol. The summed E-state index contributed by atoms with van der Waals surface area (Å²) >= 11 is 0. The van der Waals surface area contributed by atoms with Crippen LogP contribution in [0.3, 0.4) is 0 Å². The van der Waals surface area contributed by atoms with Gasteiger partial charge in [0.05, 0.1) is 0 Å². The van der Waals surface area contributed by atoms with Crippen LogP contribution < -0.4 is 10.2 Å². The SMILES string of the molecule is O=C([O-])O.O=C([O-])O.[Pt+2]. The Labute approximate surface area is 64.0 Å². The van der Waals surface area contributed by atoms with Crippen LogP contribution in [-0.2, 0) is 21.1 Å². The zero-order valence-corrected chi connectivity index (χ0v) is 6.12. The predicted molar refractivity (Wildman–Crippen MR) is 16.0 cm³/mol. The Balaban J connectivity index is -0.0000000720. The fourth-order valence-electron chi connectivity index (χ4n) is 0. The maximum absolute atomic E-state index is 8.44. The number of rotatable bonds is 0. The van der Waals surface area contributed by atoms with Gasteiger partial charge >= 0.3 is 21.1 Å². The molecule has 0 rings (SSSR count). The summed E-state index contributed by atoms with van der Waals surface area (Å²) in [6, 6.07) is 0. The van der Waals surface area contributed by atoms with E-state index in [1.54, 1.807) is 0 Å². The molecular weight excluding hydrogens is 315 g/mol. The maximum Gasteiger partial charge on any atom is 2.00 e. The summed E-state index contributed by atoms with van der Waals surface area (Å²) in [5, 5.41) is 30.6. The van der Waals surface area contributed by atoms with Gasteiger partial charge in [0, 0.05) is 0 Å². The second-order valence-electron chi connectivity index (χ2n) is 0.532. The van der Waals surface area contributed by atoms with Crippen LogP contribution in [0.2, 0.25) is 0 Å². The van der Waals surface area contributed by atoms with Crippen molar-refractivity contribution in [2.45, 2.75) is 0 Å². The van der Waals surface area contributed by atoms with E-state index in [2.05, 4.69) is 0 Å². The van der Waals surface area contributed by atoms with E-state index >= 15 is 0 Å². The smallest absolute Gasteiger partial charge is 0.565 e. The van der Waals surface area contributed by atoms with E-state index in [4.69, 9.17) is 30.0 Å². The number of carbonyl (C=O) groups is 2. The Kier molecular flexibility index (Phi) is 17.9. The van der Waals surface area contributed by atoms with Crippen molar-refractivity contribution in [2.24, 2.45) is 0 Å². The maximum atomic E-state index is 8.44. The molecule has 0 saturated heterocycles. The minimum absolute atomic E-state index is 0. The molecule has 0 heterocycles. The zero-order chi connectivity index (χ0) is 7.15. The second-order valence-corrected chi connectivity index (χ2v) is 0.532. The first-order valence-corrected chi connectivity index (χ1v) is 1.26. The molecule has 0 unspecified atom stereocenters. The van der Waals surface area contributed by atoms with Gasteiger partial charge in [-0.25, -0.2) is 0 Å². The van der Waals surface area contributed by atoms with Gasteiger partial charge in [-0.05, 0) is 0 Å². The molecule has 0 aromatic rings. The molecule has 0 aromatic carbocycles. The van der Waals surface area contributed by atoms with Gasteiger partial charge in [0.1, 0.15) is 0 Å². The fourth-order valence-corrected chi connectivity index (χ4v) is 0. The Morgan fingerprint density at radius 2 is 1.00 bits per heavy atom. The molecule has 56 valence electrons. The van der Waals surface area contributed by atoms with Gasteiger partial charge < -0.3 is 30.0 Å². The van der Waals surface area contributed by atoms with E-state index in [0.29, 0.717) is 0 Å². The third kappa shape index (κ3) is 332. The van der Waals surface area contributed by atoms with E-state index < -0.39 is 12.3 Å². The van der Waals surface area contributed by atoms with Crippen molar-refractivity contribution >= 4 is 12.3 Å². The molecule has 0 bridgehead atoms. The number of carboxylic acid groups (broad SMARTS) is 4. The van der Waals surface area contributed by atoms with Crippen LogP contribution in [-0.4, -0.2) is 22.5 Å². The molecule has 0 radical (unpaired) electrons. The predicted octanol–water partition coefficient (Wildman–Crippen LogP) is -2.23. The minimum atomic E-state index is -2.08. The standard InChI is InChI=1S/2CH2O3.Pt/c2*2-1(3)4;/h2*(H2,2,3,4);/q;;+2/p-2. The summed E-state index contributed by atoms with van der Waals surface area (Å²) in [5.41, 5.74) is 0. The van der Waals surface area contributed by atoms with Crippen molar-refractivity contribution in [3.63, 3.8) is 0 Å². The molecule has 0 spiro atoms. The Bertz CT molecular complexity index is 69.1. The van der Waals surface area contributed by atoms with Crippen LogP contribution in [0.1, 0.15) is 0 Å². The van der Waals surface area contributed by atoms with Crippen molar-refractivity contribution in [3.8, 4) is 0 Å². The topological polar surface area (TPSA) is 121 Å². The third-order valence-electron chi connectivity index (χ3n) is 0. The molecule has 0 aliphatic heterocycles. The average Bonchev–Trinajstić information content (AvgIpc) is 1.25. The van der Waals surface area contributed by atoms with Crippen LogP contribution in [0.4, 0.5) is 9.59 Å². The zero-order valence-electron chi connectivity index (χ0n) is 3.84. The number of hydrogen-bond donors (Lipinski definition) is 2. The van der Waals surface area contributed by atoms with Gasteiger partial charge in [0.25, 0.3) is 0 Å². The van der Waals surface area contributed by atoms with Gasteiger partial charge in [0.15, 0.2) is 0 Å². The van der Waals surface area contributed by atoms with Crippen molar-refractivity contribution in [2.75, 3.05) is 0 Å². The number of hydrogen-bond acceptors (Lipinski definition) is 4. The van der Waals surface area contributed by atoms with Crippen molar-refractivity contribution in [1.29, 1.82) is 0 Å². The van der Waals surface area contributed by atoms with Crippen LogP contribution in [0.25, 0.3) is 0 Å². The Hall–Kier alpha value is -0.772. The van der Waals surface area contributed by atoms with Crippen molar-refractivity contribution < 1.29 is 51.1 Å². The van der Waals surface area contributed by atoms with Crippen molar-refractivity contribution in [3.05, 3.63) is 0 Å². The van der Waals surface area contributed by atoms with Gasteiger partial charge in [-0.1, -0.05) is 0 Å². The van der Waals surface area contributed by atoms with Crippen LogP contribution in [0.5, 0.6) is 0 Å². The molecule has 0 fully saturated rings. The summed E-state index contributed by atoms with van der Waals surface area (Å²) in [5.74, 6) is 0. The quantitative estimate of drug-likeness (QED) is 0.522. The Morgan fingerprint density at radius 3 is 1.00 bits per heavy atom. The second kappa shape index (κ2) is 10.3. The molecule has 0 aromatic heterocycles. The van der Waals surface area contributed by atoms with E-state index in [-0.39, 0.29) is 21.1 Å². The first kappa shape index (κ1) is 15.7. The molecule has 6 nitrogen and oxygen atoms in total. The van der Waals surface area contributed by atoms with Crippen LogP contribution >= 0.6 is 0 Å². The summed E-state index contributed by atoms with van der Waals surface area (Å²) in [6.07, 6.45) is -4.17. The van der Waals surface area contributed by atoms with E-state index in [1.807, 2.05) is 0 Å². The first-order valence-electron chi connectivity index (χ1n) is 1.26. The fraction of sp³-hybridized carbons (Fsp3) is 0. The van der Waals surface area contributed by atoms with E-state index in [0.717, 1.165) is 0 Å². The molecule has 2 N–H and O–H groups in total. The summed E-state index contributed by atoms with van der Waals surface area (Å²) in [7, 11) is 0. The van der Waals surface area contributed by atoms with Gasteiger partial charge in [-0.3, -0.25) is 0 Å². The first-order chi connectivity index (χ1) is 3.46. The largest absolute Gasteiger partial charge is 2.00 e. The van der Waals surface area contributed by atoms with Gasteiger partial charge in [-0.2, -0.15) is 0 Å². The molecule has 0 atom stereocenters. The summed E-state index contributed by atoms with van der Waals surface area (Å²) in [6.45, 7) is 0. The monoisotopic (exact) mass is 317 g/mol. The molecule has 0 amide bonds. The van der Waals surface area contributed by atoms with Crippen LogP contribution in [0.15, 0.2) is 0 Å². The normalized spacial score (nSPS) is 5.33. The molecular formula is C2H2O6Pt. The van der Waals surface area contributed by atoms with Gasteiger partial charge in [-0.15, -0.1) is 0 Å². The third-order valence-corrected chi connectivity index (χ3v) is 0.